The molecule has 6 atom stereocenters. The molecule has 3 aliphatic rings. The van der Waals surface area contributed by atoms with Gasteiger partial charge in [0.15, 0.2) is 5.79 Å². The Hall–Kier alpha value is -1.21. The van der Waals surface area contributed by atoms with Crippen LogP contribution in [0.3, 0.4) is 0 Å². The summed E-state index contributed by atoms with van der Waals surface area (Å²) in [7, 11) is 0. The normalized spacial score (nSPS) is 44.0. The van der Waals surface area contributed by atoms with Crippen molar-refractivity contribution >= 4 is 5.97 Å². The lowest BCUT2D eigenvalue weighted by atomic mass is 9.80. The summed E-state index contributed by atoms with van der Waals surface area (Å²) in [5.41, 5.74) is -0.0882. The average Bonchev–Trinajstić information content (AvgIpc) is 2.90. The fourth-order valence-corrected chi connectivity index (χ4v) is 3.95. The zero-order chi connectivity index (χ0) is 18.6. The second kappa shape index (κ2) is 6.20. The maximum atomic E-state index is 12.1. The van der Waals surface area contributed by atoms with Crippen LogP contribution >= 0.6 is 0 Å². The summed E-state index contributed by atoms with van der Waals surface area (Å²) in [6, 6.07) is 0. The molecule has 0 aromatic carbocycles. The number of carbonyl (C=O) groups excluding carboxylic acids is 1. The van der Waals surface area contributed by atoms with Gasteiger partial charge in [-0.15, -0.1) is 0 Å². The summed E-state index contributed by atoms with van der Waals surface area (Å²) in [4.78, 5) is 12.1. The Kier molecular flexibility index (Phi) is 4.60. The molecule has 0 aromatic rings. The van der Waals surface area contributed by atoms with Crippen molar-refractivity contribution in [2.24, 2.45) is 11.8 Å². The third kappa shape index (κ3) is 3.16. The molecule has 3 aliphatic heterocycles. The van der Waals surface area contributed by atoms with Crippen LogP contribution in [0.15, 0.2) is 23.8 Å². The van der Waals surface area contributed by atoms with Crippen LogP contribution in [-0.2, 0) is 19.0 Å². The van der Waals surface area contributed by atoms with Gasteiger partial charge in [0.25, 0.3) is 0 Å². The number of rotatable bonds is 3. The molecule has 0 saturated carbocycles. The van der Waals surface area contributed by atoms with Crippen LogP contribution in [0.5, 0.6) is 0 Å². The molecule has 3 rings (SSSR count). The number of carbonyl (C=O) groups is 1. The Morgan fingerprint density at radius 2 is 2.12 bits per heavy atom. The molecule has 0 aliphatic carbocycles. The van der Waals surface area contributed by atoms with Gasteiger partial charge in [0.1, 0.15) is 6.10 Å². The first kappa shape index (κ1) is 18.6. The summed E-state index contributed by atoms with van der Waals surface area (Å²) < 4.78 is 17.5. The van der Waals surface area contributed by atoms with E-state index >= 15 is 0 Å². The Labute approximate surface area is 148 Å². The van der Waals surface area contributed by atoms with Gasteiger partial charge in [-0.3, -0.25) is 0 Å². The average molecular weight is 352 g/mol. The number of hydrogen-bond acceptors (Lipinski definition) is 6. The highest BCUT2D eigenvalue weighted by Gasteiger charge is 2.57. The monoisotopic (exact) mass is 352 g/mol. The second-order valence-electron chi connectivity index (χ2n) is 8.16. The molecular formula is C19H28O6. The number of fused-ring (bicyclic) bond motifs is 3. The first-order valence-corrected chi connectivity index (χ1v) is 8.86. The summed E-state index contributed by atoms with van der Waals surface area (Å²) in [5.74, 6) is -2.06. The van der Waals surface area contributed by atoms with Gasteiger partial charge < -0.3 is 24.4 Å². The Balaban J connectivity index is 2.03. The number of hydrogen-bond donors (Lipinski definition) is 2. The summed E-state index contributed by atoms with van der Waals surface area (Å²) >= 11 is 0. The minimum Gasteiger partial charge on any atom is -0.454 e. The predicted molar refractivity (Wildman–Crippen MR) is 90.5 cm³/mol. The molecule has 0 amide bonds. The standard InChI is InChI=1S/C19H28O6/c1-10(2)9-23-14-7-18(5)15(20)8-19(22,25-18)11(3)6-13-16(14)12(4)17(21)24-13/h6,10,13-16,20,22H,4,7-9H2,1-3,5H3. The Morgan fingerprint density at radius 3 is 2.76 bits per heavy atom. The maximum Gasteiger partial charge on any atom is 0.334 e. The largest absolute Gasteiger partial charge is 0.454 e. The van der Waals surface area contributed by atoms with E-state index in [0.717, 1.165) is 0 Å². The molecule has 6 nitrogen and oxygen atoms in total. The van der Waals surface area contributed by atoms with Crippen LogP contribution in [0.2, 0.25) is 0 Å². The molecule has 0 aromatic heterocycles. The summed E-state index contributed by atoms with van der Waals surface area (Å²) in [6.45, 7) is 12.0. The van der Waals surface area contributed by atoms with Gasteiger partial charge in [-0.05, 0) is 31.4 Å². The third-order valence-corrected chi connectivity index (χ3v) is 5.52. The Bertz CT molecular complexity index is 611. The van der Waals surface area contributed by atoms with Gasteiger partial charge >= 0.3 is 5.97 Å². The molecule has 2 saturated heterocycles. The first-order valence-electron chi connectivity index (χ1n) is 8.86. The van der Waals surface area contributed by atoms with E-state index in [2.05, 4.69) is 6.58 Å². The molecular weight excluding hydrogens is 324 g/mol. The van der Waals surface area contributed by atoms with Crippen molar-refractivity contribution in [3.63, 3.8) is 0 Å². The third-order valence-electron chi connectivity index (χ3n) is 5.52. The SMILES string of the molecule is C=C1C(=O)OC2C=C(C)C3(O)CC(O)C(C)(CC(OCC(C)C)C12)O3. The predicted octanol–water partition coefficient (Wildman–Crippen LogP) is 1.70. The quantitative estimate of drug-likeness (QED) is 0.457. The molecule has 3 heterocycles. The molecule has 25 heavy (non-hydrogen) atoms. The minimum absolute atomic E-state index is 0.0784. The van der Waals surface area contributed by atoms with E-state index in [4.69, 9.17) is 14.2 Å². The zero-order valence-corrected chi connectivity index (χ0v) is 15.3. The van der Waals surface area contributed by atoms with E-state index in [0.29, 0.717) is 30.1 Å². The van der Waals surface area contributed by atoms with E-state index in [9.17, 15) is 15.0 Å². The van der Waals surface area contributed by atoms with Crippen molar-refractivity contribution in [1.29, 1.82) is 0 Å². The molecule has 0 radical (unpaired) electrons. The van der Waals surface area contributed by atoms with Crippen molar-refractivity contribution in [1.82, 2.24) is 0 Å². The van der Waals surface area contributed by atoms with Gasteiger partial charge in [-0.25, -0.2) is 4.79 Å². The van der Waals surface area contributed by atoms with E-state index in [-0.39, 0.29) is 12.3 Å². The Morgan fingerprint density at radius 1 is 1.44 bits per heavy atom. The molecule has 6 unspecified atom stereocenters. The lowest BCUT2D eigenvalue weighted by molar-refractivity contribution is -0.209. The molecule has 6 heteroatoms. The first-order chi connectivity index (χ1) is 11.6. The fourth-order valence-electron chi connectivity index (χ4n) is 3.95. The van der Waals surface area contributed by atoms with Crippen molar-refractivity contribution in [3.8, 4) is 0 Å². The lowest BCUT2D eigenvalue weighted by Gasteiger charge is -2.35. The number of esters is 1. The highest BCUT2D eigenvalue weighted by Crippen LogP contribution is 2.47. The molecule has 2 N–H and O–H groups in total. The van der Waals surface area contributed by atoms with Gasteiger partial charge in [-0.2, -0.15) is 0 Å². The number of aliphatic hydroxyl groups excluding tert-OH is 1. The fraction of sp³-hybridized carbons (Fsp3) is 0.737. The van der Waals surface area contributed by atoms with Crippen LogP contribution in [0.25, 0.3) is 0 Å². The molecule has 2 fully saturated rings. The zero-order valence-electron chi connectivity index (χ0n) is 15.3. The summed E-state index contributed by atoms with van der Waals surface area (Å²) in [5, 5.41) is 21.4. The smallest absolute Gasteiger partial charge is 0.334 e. The summed E-state index contributed by atoms with van der Waals surface area (Å²) in [6.07, 6.45) is 0.320. The number of aliphatic hydroxyl groups is 2. The second-order valence-corrected chi connectivity index (χ2v) is 8.16. The van der Waals surface area contributed by atoms with E-state index < -0.39 is 35.7 Å². The van der Waals surface area contributed by atoms with E-state index in [1.54, 1.807) is 19.9 Å². The minimum atomic E-state index is -1.57. The highest BCUT2D eigenvalue weighted by molar-refractivity contribution is 5.91. The van der Waals surface area contributed by atoms with Crippen molar-refractivity contribution in [3.05, 3.63) is 23.8 Å². The van der Waals surface area contributed by atoms with Gasteiger partial charge in [0.05, 0.1) is 23.7 Å². The molecule has 140 valence electrons. The van der Waals surface area contributed by atoms with Crippen molar-refractivity contribution < 1.29 is 29.2 Å². The number of ether oxygens (including phenoxy) is 3. The van der Waals surface area contributed by atoms with Crippen LogP contribution in [0.1, 0.15) is 40.5 Å². The lowest BCUT2D eigenvalue weighted by Crippen LogP contribution is -2.44. The van der Waals surface area contributed by atoms with Crippen molar-refractivity contribution in [2.75, 3.05) is 6.61 Å². The van der Waals surface area contributed by atoms with Gasteiger partial charge in [0, 0.05) is 25.0 Å². The van der Waals surface area contributed by atoms with Gasteiger partial charge in [0.2, 0.25) is 0 Å². The van der Waals surface area contributed by atoms with Crippen LogP contribution in [-0.4, -0.2) is 52.5 Å². The van der Waals surface area contributed by atoms with Crippen LogP contribution in [0, 0.1) is 11.8 Å². The van der Waals surface area contributed by atoms with Crippen molar-refractivity contribution in [2.45, 2.75) is 70.2 Å². The highest BCUT2D eigenvalue weighted by atomic mass is 16.7. The van der Waals surface area contributed by atoms with E-state index in [1.807, 2.05) is 13.8 Å². The topological polar surface area (TPSA) is 85.2 Å². The van der Waals surface area contributed by atoms with Crippen LogP contribution in [0.4, 0.5) is 0 Å². The van der Waals surface area contributed by atoms with Crippen LogP contribution < -0.4 is 0 Å². The van der Waals surface area contributed by atoms with E-state index in [1.165, 1.54) is 0 Å². The maximum absolute atomic E-state index is 12.1. The molecule has 2 bridgehead atoms. The molecule has 0 spiro atoms. The van der Waals surface area contributed by atoms with Gasteiger partial charge in [-0.1, -0.05) is 20.4 Å².